The molecule has 1 aliphatic carbocycles. The third kappa shape index (κ3) is 4.47. The zero-order chi connectivity index (χ0) is 15.2. The van der Waals surface area contributed by atoms with Crippen molar-refractivity contribution in [1.29, 1.82) is 5.26 Å². The van der Waals surface area contributed by atoms with Crippen LogP contribution in [0.3, 0.4) is 0 Å². The summed E-state index contributed by atoms with van der Waals surface area (Å²) in [6, 6.07) is 8.85. The molecule has 0 heterocycles. The molecule has 0 unspecified atom stereocenters. The number of carbonyl (C=O) groups is 1. The summed E-state index contributed by atoms with van der Waals surface area (Å²) in [4.78, 5) is 13.3. The molecule has 0 aliphatic heterocycles. The quantitative estimate of drug-likeness (QED) is 0.794. The highest BCUT2D eigenvalue weighted by molar-refractivity contribution is 5.76. The second-order valence-electron chi connectivity index (χ2n) is 5.46. The van der Waals surface area contributed by atoms with Gasteiger partial charge in [0.15, 0.2) is 0 Å². The highest BCUT2D eigenvalue weighted by atomic mass is 16.1. The van der Waals surface area contributed by atoms with Crippen LogP contribution in [0.5, 0.6) is 0 Å². The standard InChI is InChI=1S/C16H22N4O/c1-18-16(21)7-8-20(2)15-6-3-12(9-13(15)10-17)11-19-14-4-5-14/h3,6,9,14,19H,4-5,7-8,11H2,1-2H3,(H,18,21). The predicted octanol–water partition coefficient (Wildman–Crippen LogP) is 1.38. The van der Waals surface area contributed by atoms with Crippen LogP contribution in [0.4, 0.5) is 5.69 Å². The van der Waals surface area contributed by atoms with Crippen LogP contribution < -0.4 is 15.5 Å². The Kier molecular flexibility index (Phi) is 5.18. The number of anilines is 1. The fourth-order valence-corrected chi connectivity index (χ4v) is 2.18. The smallest absolute Gasteiger partial charge is 0.221 e. The van der Waals surface area contributed by atoms with Crippen molar-refractivity contribution in [3.63, 3.8) is 0 Å². The highest BCUT2D eigenvalue weighted by Gasteiger charge is 2.20. The monoisotopic (exact) mass is 286 g/mol. The molecule has 2 N–H and O–H groups in total. The van der Waals surface area contributed by atoms with E-state index in [4.69, 9.17) is 0 Å². The van der Waals surface area contributed by atoms with E-state index in [1.807, 2.05) is 30.1 Å². The largest absolute Gasteiger partial charge is 0.373 e. The molecule has 0 saturated heterocycles. The maximum atomic E-state index is 11.3. The summed E-state index contributed by atoms with van der Waals surface area (Å²) in [5.74, 6) is 0.00520. The first-order valence-electron chi connectivity index (χ1n) is 7.32. The minimum atomic E-state index is 0.00520. The number of rotatable bonds is 7. The number of benzene rings is 1. The van der Waals surface area contributed by atoms with E-state index < -0.39 is 0 Å². The Hall–Kier alpha value is -2.06. The molecule has 0 spiro atoms. The second kappa shape index (κ2) is 7.09. The Balaban J connectivity index is 2.00. The van der Waals surface area contributed by atoms with Crippen LogP contribution in [0, 0.1) is 11.3 Å². The van der Waals surface area contributed by atoms with Crippen LogP contribution in [-0.2, 0) is 11.3 Å². The molecule has 21 heavy (non-hydrogen) atoms. The van der Waals surface area contributed by atoms with Gasteiger partial charge in [-0.2, -0.15) is 5.26 Å². The Morgan fingerprint density at radius 2 is 2.24 bits per heavy atom. The summed E-state index contributed by atoms with van der Waals surface area (Å²) in [7, 11) is 3.53. The first kappa shape index (κ1) is 15.3. The third-order valence-corrected chi connectivity index (χ3v) is 3.72. The van der Waals surface area contributed by atoms with Crippen molar-refractivity contribution in [3.05, 3.63) is 29.3 Å². The lowest BCUT2D eigenvalue weighted by molar-refractivity contribution is -0.120. The van der Waals surface area contributed by atoms with Gasteiger partial charge in [-0.1, -0.05) is 6.07 Å². The van der Waals surface area contributed by atoms with E-state index in [1.54, 1.807) is 7.05 Å². The van der Waals surface area contributed by atoms with Gasteiger partial charge < -0.3 is 15.5 Å². The highest BCUT2D eigenvalue weighted by Crippen LogP contribution is 2.22. The molecule has 2 rings (SSSR count). The minimum absolute atomic E-state index is 0.00520. The average Bonchev–Trinajstić information content (AvgIpc) is 3.34. The molecule has 1 saturated carbocycles. The Morgan fingerprint density at radius 1 is 1.48 bits per heavy atom. The lowest BCUT2D eigenvalue weighted by Gasteiger charge is -2.20. The number of hydrogen-bond acceptors (Lipinski definition) is 4. The van der Waals surface area contributed by atoms with E-state index in [0.29, 0.717) is 24.6 Å². The van der Waals surface area contributed by atoms with Crippen molar-refractivity contribution in [2.45, 2.75) is 31.8 Å². The van der Waals surface area contributed by atoms with Crippen molar-refractivity contribution in [2.75, 3.05) is 25.5 Å². The van der Waals surface area contributed by atoms with E-state index in [-0.39, 0.29) is 5.91 Å². The number of nitriles is 1. The fourth-order valence-electron chi connectivity index (χ4n) is 2.18. The molecule has 0 atom stereocenters. The van der Waals surface area contributed by atoms with Gasteiger partial charge in [0.25, 0.3) is 0 Å². The van der Waals surface area contributed by atoms with E-state index in [2.05, 4.69) is 16.7 Å². The molecule has 0 aromatic heterocycles. The molecule has 1 aliphatic rings. The summed E-state index contributed by atoms with van der Waals surface area (Å²) in [5, 5.41) is 15.4. The fraction of sp³-hybridized carbons (Fsp3) is 0.500. The number of amides is 1. The molecule has 0 bridgehead atoms. The molecule has 1 fully saturated rings. The third-order valence-electron chi connectivity index (χ3n) is 3.72. The summed E-state index contributed by atoms with van der Waals surface area (Å²) in [6.45, 7) is 1.40. The maximum Gasteiger partial charge on any atom is 0.221 e. The lowest BCUT2D eigenvalue weighted by Crippen LogP contribution is -2.26. The SMILES string of the molecule is CNC(=O)CCN(C)c1ccc(CNC2CC2)cc1C#N. The van der Waals surface area contributed by atoms with E-state index in [9.17, 15) is 10.1 Å². The van der Waals surface area contributed by atoms with E-state index in [0.717, 1.165) is 17.8 Å². The molecular formula is C16H22N4O. The van der Waals surface area contributed by atoms with Gasteiger partial charge >= 0.3 is 0 Å². The van der Waals surface area contributed by atoms with Crippen LogP contribution >= 0.6 is 0 Å². The number of nitrogens with one attached hydrogen (secondary N) is 2. The van der Waals surface area contributed by atoms with Crippen molar-refractivity contribution in [2.24, 2.45) is 0 Å². The van der Waals surface area contributed by atoms with Crippen molar-refractivity contribution in [3.8, 4) is 6.07 Å². The van der Waals surface area contributed by atoms with Crippen LogP contribution in [0.15, 0.2) is 18.2 Å². The minimum Gasteiger partial charge on any atom is -0.373 e. The van der Waals surface area contributed by atoms with E-state index >= 15 is 0 Å². The van der Waals surface area contributed by atoms with Crippen LogP contribution in [-0.4, -0.2) is 32.6 Å². The van der Waals surface area contributed by atoms with Crippen molar-refractivity contribution in [1.82, 2.24) is 10.6 Å². The maximum absolute atomic E-state index is 11.3. The normalized spacial score (nSPS) is 13.6. The molecule has 5 nitrogen and oxygen atoms in total. The molecule has 0 radical (unpaired) electrons. The van der Waals surface area contributed by atoms with Gasteiger partial charge in [-0.15, -0.1) is 0 Å². The summed E-state index contributed by atoms with van der Waals surface area (Å²) >= 11 is 0. The van der Waals surface area contributed by atoms with Crippen LogP contribution in [0.1, 0.15) is 30.4 Å². The predicted molar refractivity (Wildman–Crippen MR) is 83.0 cm³/mol. The number of nitrogens with zero attached hydrogens (tertiary/aromatic N) is 2. The molecule has 112 valence electrons. The van der Waals surface area contributed by atoms with Crippen LogP contribution in [0.25, 0.3) is 0 Å². The van der Waals surface area contributed by atoms with Gasteiger partial charge in [-0.25, -0.2) is 0 Å². The second-order valence-corrected chi connectivity index (χ2v) is 5.46. The molecule has 1 aromatic carbocycles. The van der Waals surface area contributed by atoms with Gasteiger partial charge in [0.1, 0.15) is 6.07 Å². The van der Waals surface area contributed by atoms with Crippen molar-refractivity contribution < 1.29 is 4.79 Å². The van der Waals surface area contributed by atoms with Crippen molar-refractivity contribution >= 4 is 11.6 Å². The zero-order valence-corrected chi connectivity index (χ0v) is 12.6. The molecule has 1 amide bonds. The zero-order valence-electron chi connectivity index (χ0n) is 12.6. The lowest BCUT2D eigenvalue weighted by atomic mass is 10.1. The summed E-state index contributed by atoms with van der Waals surface area (Å²) in [6.07, 6.45) is 2.93. The molecule has 5 heteroatoms. The summed E-state index contributed by atoms with van der Waals surface area (Å²) in [5.41, 5.74) is 2.66. The Bertz CT molecular complexity index is 546. The van der Waals surface area contributed by atoms with Gasteiger partial charge in [-0.3, -0.25) is 4.79 Å². The average molecular weight is 286 g/mol. The van der Waals surface area contributed by atoms with Gasteiger partial charge in [-0.05, 0) is 30.5 Å². The van der Waals surface area contributed by atoms with E-state index in [1.165, 1.54) is 12.8 Å². The number of hydrogen-bond donors (Lipinski definition) is 2. The van der Waals surface area contributed by atoms with Gasteiger partial charge in [0.2, 0.25) is 5.91 Å². The first-order valence-corrected chi connectivity index (χ1v) is 7.32. The van der Waals surface area contributed by atoms with Crippen LogP contribution in [0.2, 0.25) is 0 Å². The number of carbonyl (C=O) groups excluding carboxylic acids is 1. The summed E-state index contributed by atoms with van der Waals surface area (Å²) < 4.78 is 0. The first-order chi connectivity index (χ1) is 10.1. The van der Waals surface area contributed by atoms with Gasteiger partial charge in [0.05, 0.1) is 11.3 Å². The van der Waals surface area contributed by atoms with Gasteiger partial charge in [0, 0.05) is 39.6 Å². The molecular weight excluding hydrogens is 264 g/mol. The molecule has 1 aromatic rings. The Morgan fingerprint density at radius 3 is 2.86 bits per heavy atom. The topological polar surface area (TPSA) is 68.2 Å². The Labute approximate surface area is 125 Å².